The van der Waals surface area contributed by atoms with Gasteiger partial charge in [-0.1, -0.05) is 19.8 Å². The molecule has 3 heteroatoms. The molecule has 90 valence electrons. The fraction of sp³-hybridized carbons (Fsp3) is 0.917. The van der Waals surface area contributed by atoms with Crippen LogP contribution >= 0.6 is 0 Å². The SMILES string of the molecule is CCCCCN(C(=O)C(C)(C)N)C(C)C. The van der Waals surface area contributed by atoms with E-state index in [0.29, 0.717) is 0 Å². The van der Waals surface area contributed by atoms with Gasteiger partial charge in [-0.25, -0.2) is 0 Å². The summed E-state index contributed by atoms with van der Waals surface area (Å²) in [5, 5.41) is 0. The molecule has 0 bridgehead atoms. The Kier molecular flexibility index (Phi) is 5.88. The summed E-state index contributed by atoms with van der Waals surface area (Å²) in [4.78, 5) is 13.9. The number of amides is 1. The van der Waals surface area contributed by atoms with Crippen LogP contribution in [0.15, 0.2) is 0 Å². The fourth-order valence-corrected chi connectivity index (χ4v) is 1.50. The molecule has 0 unspecified atom stereocenters. The summed E-state index contributed by atoms with van der Waals surface area (Å²) in [5.74, 6) is 0.0496. The van der Waals surface area contributed by atoms with Crippen molar-refractivity contribution in [2.24, 2.45) is 5.73 Å². The molecule has 0 aliphatic carbocycles. The number of unbranched alkanes of at least 4 members (excludes halogenated alkanes) is 2. The maximum atomic E-state index is 12.0. The monoisotopic (exact) mass is 214 g/mol. The zero-order chi connectivity index (χ0) is 12.1. The molecule has 2 N–H and O–H groups in total. The van der Waals surface area contributed by atoms with Crippen molar-refractivity contribution in [1.29, 1.82) is 0 Å². The van der Waals surface area contributed by atoms with Gasteiger partial charge in [-0.05, 0) is 34.1 Å². The highest BCUT2D eigenvalue weighted by Crippen LogP contribution is 2.10. The fourth-order valence-electron chi connectivity index (χ4n) is 1.50. The summed E-state index contributed by atoms with van der Waals surface area (Å²) in [6.45, 7) is 10.6. The number of rotatable bonds is 6. The van der Waals surface area contributed by atoms with Gasteiger partial charge in [-0.2, -0.15) is 0 Å². The van der Waals surface area contributed by atoms with Crippen molar-refractivity contribution in [3.63, 3.8) is 0 Å². The quantitative estimate of drug-likeness (QED) is 0.689. The van der Waals surface area contributed by atoms with E-state index in [1.807, 2.05) is 18.7 Å². The van der Waals surface area contributed by atoms with Gasteiger partial charge in [0, 0.05) is 12.6 Å². The summed E-state index contributed by atoms with van der Waals surface area (Å²) in [6.07, 6.45) is 3.41. The van der Waals surface area contributed by atoms with E-state index in [1.54, 1.807) is 13.8 Å². The third-order valence-corrected chi connectivity index (χ3v) is 2.44. The second-order valence-corrected chi connectivity index (χ2v) is 5.02. The lowest BCUT2D eigenvalue weighted by Gasteiger charge is -2.32. The van der Waals surface area contributed by atoms with Crippen molar-refractivity contribution < 1.29 is 4.79 Å². The van der Waals surface area contributed by atoms with E-state index >= 15 is 0 Å². The zero-order valence-corrected chi connectivity index (χ0v) is 10.8. The number of carbonyl (C=O) groups is 1. The van der Waals surface area contributed by atoms with Gasteiger partial charge in [-0.15, -0.1) is 0 Å². The minimum absolute atomic E-state index is 0.0496. The molecule has 0 radical (unpaired) electrons. The third kappa shape index (κ3) is 5.17. The number of hydrogen-bond donors (Lipinski definition) is 1. The van der Waals surface area contributed by atoms with Crippen LogP contribution < -0.4 is 5.73 Å². The smallest absolute Gasteiger partial charge is 0.242 e. The maximum Gasteiger partial charge on any atom is 0.242 e. The van der Waals surface area contributed by atoms with Gasteiger partial charge < -0.3 is 10.6 Å². The highest BCUT2D eigenvalue weighted by Gasteiger charge is 2.28. The van der Waals surface area contributed by atoms with Crippen LogP contribution in [0.2, 0.25) is 0 Å². The average Bonchev–Trinajstić information content (AvgIpc) is 2.09. The molecule has 0 aliphatic rings. The molecule has 0 rings (SSSR count). The molecule has 0 saturated carbocycles. The minimum atomic E-state index is -0.753. The first kappa shape index (κ1) is 14.4. The van der Waals surface area contributed by atoms with E-state index in [4.69, 9.17) is 5.73 Å². The molecule has 0 aromatic heterocycles. The van der Waals surface area contributed by atoms with Crippen LogP contribution in [-0.2, 0) is 4.79 Å². The van der Waals surface area contributed by atoms with Crippen LogP contribution in [0.3, 0.4) is 0 Å². The highest BCUT2D eigenvalue weighted by atomic mass is 16.2. The average molecular weight is 214 g/mol. The van der Waals surface area contributed by atoms with Gasteiger partial charge in [-0.3, -0.25) is 4.79 Å². The molecule has 0 atom stereocenters. The largest absolute Gasteiger partial charge is 0.339 e. The normalized spacial score (nSPS) is 11.9. The van der Waals surface area contributed by atoms with Crippen LogP contribution in [0.25, 0.3) is 0 Å². The molecule has 0 aromatic rings. The van der Waals surface area contributed by atoms with Gasteiger partial charge in [0.05, 0.1) is 5.54 Å². The Morgan fingerprint density at radius 3 is 2.20 bits per heavy atom. The lowest BCUT2D eigenvalue weighted by atomic mass is 10.0. The molecule has 0 heterocycles. The van der Waals surface area contributed by atoms with Gasteiger partial charge in [0.15, 0.2) is 0 Å². The van der Waals surface area contributed by atoms with Crippen LogP contribution in [0.4, 0.5) is 0 Å². The lowest BCUT2D eigenvalue weighted by Crippen LogP contribution is -2.53. The first-order valence-electron chi connectivity index (χ1n) is 5.90. The molecule has 0 aromatic carbocycles. The Morgan fingerprint density at radius 2 is 1.87 bits per heavy atom. The number of nitrogens with two attached hydrogens (primary N) is 1. The Morgan fingerprint density at radius 1 is 1.33 bits per heavy atom. The van der Waals surface area contributed by atoms with E-state index in [1.165, 1.54) is 12.8 Å². The van der Waals surface area contributed by atoms with Crippen molar-refractivity contribution >= 4 is 5.91 Å². The lowest BCUT2D eigenvalue weighted by molar-refractivity contribution is -0.137. The summed E-state index contributed by atoms with van der Waals surface area (Å²) in [6, 6.07) is 0.234. The van der Waals surface area contributed by atoms with Gasteiger partial charge >= 0.3 is 0 Å². The topological polar surface area (TPSA) is 46.3 Å². The van der Waals surface area contributed by atoms with Crippen molar-refractivity contribution in [3.8, 4) is 0 Å². The molecule has 0 aliphatic heterocycles. The number of nitrogens with zero attached hydrogens (tertiary/aromatic N) is 1. The van der Waals surface area contributed by atoms with Crippen molar-refractivity contribution in [2.45, 2.75) is 65.5 Å². The van der Waals surface area contributed by atoms with E-state index in [2.05, 4.69) is 6.92 Å². The predicted molar refractivity (Wildman–Crippen MR) is 64.6 cm³/mol. The summed E-state index contributed by atoms with van der Waals surface area (Å²) in [7, 11) is 0. The molecular weight excluding hydrogens is 188 g/mol. The molecule has 0 spiro atoms. The van der Waals surface area contributed by atoms with Crippen LogP contribution in [0, 0.1) is 0 Å². The molecule has 1 amide bonds. The van der Waals surface area contributed by atoms with E-state index in [9.17, 15) is 4.79 Å². The summed E-state index contributed by atoms with van der Waals surface area (Å²) < 4.78 is 0. The predicted octanol–water partition coefficient (Wildman–Crippen LogP) is 2.15. The number of hydrogen-bond acceptors (Lipinski definition) is 2. The molecule has 15 heavy (non-hydrogen) atoms. The molecule has 0 fully saturated rings. The maximum absolute atomic E-state index is 12.0. The molecule has 3 nitrogen and oxygen atoms in total. The van der Waals surface area contributed by atoms with Crippen molar-refractivity contribution in [2.75, 3.05) is 6.54 Å². The Labute approximate surface area is 94.0 Å². The summed E-state index contributed by atoms with van der Waals surface area (Å²) >= 11 is 0. The molecule has 0 saturated heterocycles. The highest BCUT2D eigenvalue weighted by molar-refractivity contribution is 5.85. The second kappa shape index (κ2) is 6.11. The van der Waals surface area contributed by atoms with Crippen molar-refractivity contribution in [3.05, 3.63) is 0 Å². The first-order chi connectivity index (χ1) is 6.80. The third-order valence-electron chi connectivity index (χ3n) is 2.44. The van der Waals surface area contributed by atoms with E-state index < -0.39 is 5.54 Å². The van der Waals surface area contributed by atoms with Gasteiger partial charge in [0.25, 0.3) is 0 Å². The van der Waals surface area contributed by atoms with E-state index in [-0.39, 0.29) is 11.9 Å². The van der Waals surface area contributed by atoms with Crippen molar-refractivity contribution in [1.82, 2.24) is 4.90 Å². The Hall–Kier alpha value is -0.570. The zero-order valence-electron chi connectivity index (χ0n) is 10.8. The van der Waals surface area contributed by atoms with Crippen LogP contribution in [0.5, 0.6) is 0 Å². The Bertz CT molecular complexity index is 194. The van der Waals surface area contributed by atoms with Crippen LogP contribution in [-0.4, -0.2) is 28.9 Å². The second-order valence-electron chi connectivity index (χ2n) is 5.02. The van der Waals surface area contributed by atoms with E-state index in [0.717, 1.165) is 13.0 Å². The standard InChI is InChI=1S/C12H26N2O/c1-6-7-8-9-14(10(2)3)11(15)12(4,5)13/h10H,6-9,13H2,1-5H3. The minimum Gasteiger partial charge on any atom is -0.339 e. The molecular formula is C12H26N2O. The van der Waals surface area contributed by atoms with Gasteiger partial charge in [0.2, 0.25) is 5.91 Å². The van der Waals surface area contributed by atoms with Crippen LogP contribution in [0.1, 0.15) is 53.9 Å². The summed E-state index contributed by atoms with van der Waals surface area (Å²) in [5.41, 5.74) is 5.08. The first-order valence-corrected chi connectivity index (χ1v) is 5.90. The Balaban J connectivity index is 4.33. The number of carbonyl (C=O) groups excluding carboxylic acids is 1. The van der Waals surface area contributed by atoms with Gasteiger partial charge in [0.1, 0.15) is 0 Å².